The molecule has 1 aromatic heterocycles. The van der Waals surface area contributed by atoms with Crippen molar-refractivity contribution in [1.29, 1.82) is 0 Å². The number of fused-ring (bicyclic) bond motifs is 2. The van der Waals surface area contributed by atoms with Crippen LogP contribution in [0.2, 0.25) is 0 Å². The predicted octanol–water partition coefficient (Wildman–Crippen LogP) is 3.63. The van der Waals surface area contributed by atoms with Crippen molar-refractivity contribution in [3.63, 3.8) is 0 Å². The zero-order valence-corrected chi connectivity index (χ0v) is 17.9. The number of amides is 1. The smallest absolute Gasteiger partial charge is 0.262 e. The van der Waals surface area contributed by atoms with Crippen LogP contribution in [-0.4, -0.2) is 34.6 Å². The molecule has 4 rings (SSSR count). The Kier molecular flexibility index (Phi) is 5.50. The van der Waals surface area contributed by atoms with E-state index in [0.29, 0.717) is 41.2 Å². The fourth-order valence-corrected chi connectivity index (χ4v) is 4.15. The van der Waals surface area contributed by atoms with Crippen LogP contribution in [0, 0.1) is 0 Å². The van der Waals surface area contributed by atoms with Gasteiger partial charge in [-0.2, -0.15) is 0 Å². The standard InChI is InChI=1S/C24H25N3O4/c1-5-9-19-22-25-18-13-21(31-4)20(30-3)12-17(18)24(29)27(22)15(2)23(28)26(19)14-16-10-7-6-8-11-16/h5-8,10-13,15,19H,1,9,14H2,2-4H3/t15-,19-/m0/s1. The molecular formula is C24H25N3O4. The van der Waals surface area contributed by atoms with Crippen molar-refractivity contribution < 1.29 is 14.3 Å². The molecule has 0 unspecified atom stereocenters. The summed E-state index contributed by atoms with van der Waals surface area (Å²) >= 11 is 0. The molecule has 0 aliphatic carbocycles. The highest BCUT2D eigenvalue weighted by molar-refractivity contribution is 5.85. The fraction of sp³-hybridized carbons (Fsp3) is 0.292. The van der Waals surface area contributed by atoms with Gasteiger partial charge < -0.3 is 14.4 Å². The first-order chi connectivity index (χ1) is 15.0. The maximum Gasteiger partial charge on any atom is 0.262 e. The maximum absolute atomic E-state index is 13.4. The number of nitrogens with zero attached hydrogens (tertiary/aromatic N) is 3. The molecule has 0 bridgehead atoms. The van der Waals surface area contributed by atoms with Gasteiger partial charge in [-0.05, 0) is 25.0 Å². The lowest BCUT2D eigenvalue weighted by atomic mass is 10.0. The number of methoxy groups -OCH3 is 2. The third kappa shape index (κ3) is 3.46. The minimum Gasteiger partial charge on any atom is -0.493 e. The molecule has 0 spiro atoms. The molecule has 160 valence electrons. The number of carbonyl (C=O) groups is 1. The Balaban J connectivity index is 1.92. The van der Waals surface area contributed by atoms with Crippen molar-refractivity contribution in [3.05, 3.63) is 76.9 Å². The van der Waals surface area contributed by atoms with E-state index >= 15 is 0 Å². The van der Waals surface area contributed by atoms with Gasteiger partial charge in [0, 0.05) is 12.6 Å². The monoisotopic (exact) mass is 419 g/mol. The normalized spacial score (nSPS) is 18.0. The molecule has 7 nitrogen and oxygen atoms in total. The Morgan fingerprint density at radius 1 is 1.10 bits per heavy atom. The number of aromatic nitrogens is 2. The van der Waals surface area contributed by atoms with Gasteiger partial charge in [0.25, 0.3) is 5.56 Å². The van der Waals surface area contributed by atoms with Crippen LogP contribution in [0.15, 0.2) is 59.9 Å². The summed E-state index contributed by atoms with van der Waals surface area (Å²) in [4.78, 5) is 33.4. The van der Waals surface area contributed by atoms with Gasteiger partial charge in [0.15, 0.2) is 11.5 Å². The Morgan fingerprint density at radius 3 is 2.42 bits per heavy atom. The molecule has 1 aliphatic heterocycles. The number of hydrogen-bond acceptors (Lipinski definition) is 5. The summed E-state index contributed by atoms with van der Waals surface area (Å²) in [5.74, 6) is 1.37. The molecule has 31 heavy (non-hydrogen) atoms. The maximum atomic E-state index is 13.4. The van der Waals surface area contributed by atoms with Gasteiger partial charge in [0.1, 0.15) is 11.9 Å². The summed E-state index contributed by atoms with van der Waals surface area (Å²) in [7, 11) is 3.05. The average molecular weight is 419 g/mol. The Labute approximate surface area is 180 Å². The van der Waals surface area contributed by atoms with Crippen LogP contribution in [0.3, 0.4) is 0 Å². The number of hydrogen-bond donors (Lipinski definition) is 0. The van der Waals surface area contributed by atoms with Crippen LogP contribution < -0.4 is 15.0 Å². The average Bonchev–Trinajstić information content (AvgIpc) is 2.79. The zero-order valence-electron chi connectivity index (χ0n) is 17.9. The van der Waals surface area contributed by atoms with Gasteiger partial charge in [-0.3, -0.25) is 14.2 Å². The second kappa shape index (κ2) is 8.26. The predicted molar refractivity (Wildman–Crippen MR) is 118 cm³/mol. The van der Waals surface area contributed by atoms with E-state index in [4.69, 9.17) is 14.5 Å². The van der Waals surface area contributed by atoms with E-state index < -0.39 is 12.1 Å². The first-order valence-electron chi connectivity index (χ1n) is 10.1. The number of carbonyl (C=O) groups excluding carboxylic acids is 1. The van der Waals surface area contributed by atoms with E-state index in [1.807, 2.05) is 30.3 Å². The summed E-state index contributed by atoms with van der Waals surface area (Å²) in [5.41, 5.74) is 1.25. The van der Waals surface area contributed by atoms with Crippen molar-refractivity contribution in [2.75, 3.05) is 14.2 Å². The SMILES string of the molecule is C=CC[C@H]1c2nc3cc(OC)c(OC)cc3c(=O)n2[C@@H](C)C(=O)N1Cc1ccccc1. The summed E-state index contributed by atoms with van der Waals surface area (Å²) in [6.07, 6.45) is 2.23. The van der Waals surface area contributed by atoms with Crippen molar-refractivity contribution in [2.24, 2.45) is 0 Å². The first-order valence-corrected chi connectivity index (χ1v) is 10.1. The van der Waals surface area contributed by atoms with Gasteiger partial charge in [-0.15, -0.1) is 6.58 Å². The fourth-order valence-electron chi connectivity index (χ4n) is 4.15. The molecule has 3 aromatic rings. The third-order valence-electron chi connectivity index (χ3n) is 5.72. The molecular weight excluding hydrogens is 394 g/mol. The zero-order chi connectivity index (χ0) is 22.1. The van der Waals surface area contributed by atoms with Crippen LogP contribution in [0.4, 0.5) is 0 Å². The quantitative estimate of drug-likeness (QED) is 0.571. The summed E-state index contributed by atoms with van der Waals surface area (Å²) < 4.78 is 12.2. The van der Waals surface area contributed by atoms with Crippen LogP contribution >= 0.6 is 0 Å². The van der Waals surface area contributed by atoms with E-state index in [1.54, 1.807) is 30.0 Å². The van der Waals surface area contributed by atoms with Gasteiger partial charge in [0.2, 0.25) is 5.91 Å². The molecule has 1 aliphatic rings. The number of benzene rings is 2. The molecule has 0 saturated heterocycles. The second-order valence-electron chi connectivity index (χ2n) is 7.54. The highest BCUT2D eigenvalue weighted by atomic mass is 16.5. The highest BCUT2D eigenvalue weighted by Gasteiger charge is 2.39. The molecule has 0 N–H and O–H groups in total. The highest BCUT2D eigenvalue weighted by Crippen LogP contribution is 2.36. The lowest BCUT2D eigenvalue weighted by Gasteiger charge is -2.39. The molecule has 0 fully saturated rings. The molecule has 0 radical (unpaired) electrons. The summed E-state index contributed by atoms with van der Waals surface area (Å²) in [6, 6.07) is 12.0. The Morgan fingerprint density at radius 2 is 1.77 bits per heavy atom. The Bertz CT molecular complexity index is 1200. The van der Waals surface area contributed by atoms with Crippen LogP contribution in [0.1, 0.15) is 36.8 Å². The Hall–Kier alpha value is -3.61. The molecule has 7 heteroatoms. The van der Waals surface area contributed by atoms with Gasteiger partial charge in [0.05, 0.1) is 31.2 Å². The van der Waals surface area contributed by atoms with Gasteiger partial charge >= 0.3 is 0 Å². The molecule has 2 atom stereocenters. The van der Waals surface area contributed by atoms with Crippen LogP contribution in [0.25, 0.3) is 10.9 Å². The van der Waals surface area contributed by atoms with Crippen molar-refractivity contribution in [2.45, 2.75) is 32.0 Å². The van der Waals surface area contributed by atoms with Crippen LogP contribution in [0.5, 0.6) is 11.5 Å². The topological polar surface area (TPSA) is 73.7 Å². The molecule has 2 aromatic carbocycles. The van der Waals surface area contributed by atoms with Crippen molar-refractivity contribution in [1.82, 2.24) is 14.5 Å². The molecule has 2 heterocycles. The molecule has 1 amide bonds. The van der Waals surface area contributed by atoms with E-state index in [1.165, 1.54) is 18.8 Å². The minimum atomic E-state index is -0.669. The second-order valence-corrected chi connectivity index (χ2v) is 7.54. The minimum absolute atomic E-state index is 0.119. The lowest BCUT2D eigenvalue weighted by Crippen LogP contribution is -2.48. The van der Waals surface area contributed by atoms with Crippen molar-refractivity contribution in [3.8, 4) is 11.5 Å². The number of rotatable bonds is 6. The largest absolute Gasteiger partial charge is 0.493 e. The van der Waals surface area contributed by atoms with E-state index in [0.717, 1.165) is 5.56 Å². The summed E-state index contributed by atoms with van der Waals surface area (Å²) in [6.45, 7) is 6.03. The van der Waals surface area contributed by atoms with Gasteiger partial charge in [-0.25, -0.2) is 4.98 Å². The summed E-state index contributed by atoms with van der Waals surface area (Å²) in [5, 5.41) is 0.384. The van der Waals surface area contributed by atoms with Crippen LogP contribution in [-0.2, 0) is 11.3 Å². The van der Waals surface area contributed by atoms with E-state index in [9.17, 15) is 9.59 Å². The van der Waals surface area contributed by atoms with E-state index in [-0.39, 0.29) is 11.5 Å². The lowest BCUT2D eigenvalue weighted by molar-refractivity contribution is -0.140. The first kappa shape index (κ1) is 20.7. The van der Waals surface area contributed by atoms with E-state index in [2.05, 4.69) is 6.58 Å². The van der Waals surface area contributed by atoms with Crippen molar-refractivity contribution >= 4 is 16.8 Å². The number of ether oxygens (including phenoxy) is 2. The van der Waals surface area contributed by atoms with Gasteiger partial charge in [-0.1, -0.05) is 36.4 Å². The third-order valence-corrected chi connectivity index (χ3v) is 5.72. The molecule has 0 saturated carbocycles.